The molecule has 0 bridgehead atoms. The van der Waals surface area contributed by atoms with Crippen molar-refractivity contribution in [3.8, 4) is 0 Å². The minimum atomic E-state index is -0.477. The highest BCUT2D eigenvalue weighted by atomic mass is 79.9. The highest BCUT2D eigenvalue weighted by Crippen LogP contribution is 2.31. The Morgan fingerprint density at radius 1 is 1.11 bits per heavy atom. The van der Waals surface area contributed by atoms with E-state index in [1.165, 1.54) is 12.1 Å². The summed E-state index contributed by atoms with van der Waals surface area (Å²) in [6.45, 7) is 0. The number of rotatable bonds is 2. The lowest BCUT2D eigenvalue weighted by molar-refractivity contribution is 0.522. The number of halogens is 2. The Morgan fingerprint density at radius 2 is 1.89 bits per heavy atom. The maximum Gasteiger partial charge on any atom is 0.148 e. The number of para-hydroxylation sites is 1. The first-order chi connectivity index (χ1) is 9.15. The third-order valence-electron chi connectivity index (χ3n) is 3.03. The van der Waals surface area contributed by atoms with Crippen molar-refractivity contribution >= 4 is 26.9 Å². The zero-order valence-electron chi connectivity index (χ0n) is 9.94. The van der Waals surface area contributed by atoms with Gasteiger partial charge in [0.15, 0.2) is 0 Å². The average Bonchev–Trinajstić information content (AvgIpc) is 2.83. The van der Waals surface area contributed by atoms with Crippen molar-refractivity contribution in [1.29, 1.82) is 0 Å². The molecule has 2 aromatic carbocycles. The molecule has 1 heterocycles. The molecule has 0 fully saturated rings. The van der Waals surface area contributed by atoms with Crippen molar-refractivity contribution in [3.05, 3.63) is 70.1 Å². The summed E-state index contributed by atoms with van der Waals surface area (Å²) in [7, 11) is 0. The normalized spacial score (nSPS) is 12.8. The number of nitrogens with two attached hydrogens (primary N) is 1. The Morgan fingerprint density at radius 3 is 2.63 bits per heavy atom. The van der Waals surface area contributed by atoms with Gasteiger partial charge in [0, 0.05) is 5.39 Å². The predicted octanol–water partition coefficient (Wildman–Crippen LogP) is 4.38. The number of benzene rings is 2. The summed E-state index contributed by atoms with van der Waals surface area (Å²) in [4.78, 5) is 0. The lowest BCUT2D eigenvalue weighted by Gasteiger charge is -2.08. The van der Waals surface area contributed by atoms with Crippen LogP contribution in [0.25, 0.3) is 11.0 Å². The Hall–Kier alpha value is -1.65. The first-order valence-electron chi connectivity index (χ1n) is 5.84. The molecule has 0 saturated heterocycles. The van der Waals surface area contributed by atoms with Gasteiger partial charge in [0.05, 0.1) is 10.5 Å². The van der Waals surface area contributed by atoms with E-state index in [4.69, 9.17) is 10.2 Å². The lowest BCUT2D eigenvalue weighted by Crippen LogP contribution is -2.10. The fraction of sp³-hybridized carbons (Fsp3) is 0.0667. The van der Waals surface area contributed by atoms with Crippen LogP contribution in [0.3, 0.4) is 0 Å². The molecule has 0 spiro atoms. The summed E-state index contributed by atoms with van der Waals surface area (Å²) >= 11 is 3.43. The molecule has 96 valence electrons. The molecule has 0 aliphatic rings. The maximum absolute atomic E-state index is 13.2. The molecule has 1 aromatic heterocycles. The number of hydrogen-bond donors (Lipinski definition) is 1. The second-order valence-electron chi connectivity index (χ2n) is 4.34. The van der Waals surface area contributed by atoms with Gasteiger partial charge in [0.2, 0.25) is 0 Å². The molecule has 0 aliphatic heterocycles. The van der Waals surface area contributed by atoms with Crippen molar-refractivity contribution in [1.82, 2.24) is 0 Å². The summed E-state index contributed by atoms with van der Waals surface area (Å²) < 4.78 is 19.9. The number of hydrogen-bond acceptors (Lipinski definition) is 2. The summed E-state index contributed by atoms with van der Waals surface area (Å²) in [5.41, 5.74) is 7.57. The molecular formula is C15H11BrFNO. The third-order valence-corrected chi connectivity index (χ3v) is 3.65. The fourth-order valence-corrected chi connectivity index (χ4v) is 2.53. The standard InChI is InChI=1S/C15H11BrFNO/c16-12-6-2-4-10-8-13(19-15(10)12)14(18)9-3-1-5-11(17)7-9/h1-8,14H,18H2. The minimum absolute atomic E-state index is 0.301. The molecule has 1 atom stereocenters. The van der Waals surface area contributed by atoms with Crippen LogP contribution >= 0.6 is 15.9 Å². The van der Waals surface area contributed by atoms with Crippen molar-refractivity contribution in [2.75, 3.05) is 0 Å². The Balaban J connectivity index is 2.06. The maximum atomic E-state index is 13.2. The second kappa shape index (κ2) is 4.79. The topological polar surface area (TPSA) is 39.2 Å². The van der Waals surface area contributed by atoms with Crippen LogP contribution in [-0.4, -0.2) is 0 Å². The molecule has 2 N–H and O–H groups in total. The van der Waals surface area contributed by atoms with Gasteiger partial charge in [-0.3, -0.25) is 0 Å². The quantitative estimate of drug-likeness (QED) is 0.761. The van der Waals surface area contributed by atoms with E-state index in [2.05, 4.69) is 15.9 Å². The Labute approximate surface area is 118 Å². The van der Waals surface area contributed by atoms with Crippen LogP contribution in [0.5, 0.6) is 0 Å². The van der Waals surface area contributed by atoms with Crippen LogP contribution in [-0.2, 0) is 0 Å². The second-order valence-corrected chi connectivity index (χ2v) is 5.19. The average molecular weight is 320 g/mol. The Kier molecular flexibility index (Phi) is 3.12. The minimum Gasteiger partial charge on any atom is -0.458 e. The molecule has 4 heteroatoms. The molecule has 3 aromatic rings. The van der Waals surface area contributed by atoms with E-state index in [1.54, 1.807) is 12.1 Å². The van der Waals surface area contributed by atoms with E-state index in [0.717, 1.165) is 15.4 Å². The molecule has 0 saturated carbocycles. The lowest BCUT2D eigenvalue weighted by atomic mass is 10.1. The molecule has 0 amide bonds. The van der Waals surface area contributed by atoms with Gasteiger partial charge in [-0.05, 0) is 45.8 Å². The summed E-state index contributed by atoms with van der Waals surface area (Å²) in [6.07, 6.45) is 0. The smallest absolute Gasteiger partial charge is 0.148 e. The van der Waals surface area contributed by atoms with E-state index in [-0.39, 0.29) is 5.82 Å². The predicted molar refractivity (Wildman–Crippen MR) is 76.3 cm³/mol. The van der Waals surface area contributed by atoms with Crippen LogP contribution in [0.2, 0.25) is 0 Å². The van der Waals surface area contributed by atoms with E-state index in [0.29, 0.717) is 11.3 Å². The summed E-state index contributed by atoms with van der Waals surface area (Å²) in [5.74, 6) is 0.317. The number of furan rings is 1. The molecular weight excluding hydrogens is 309 g/mol. The van der Waals surface area contributed by atoms with E-state index >= 15 is 0 Å². The number of fused-ring (bicyclic) bond motifs is 1. The van der Waals surface area contributed by atoms with Crippen molar-refractivity contribution in [2.45, 2.75) is 6.04 Å². The van der Waals surface area contributed by atoms with Crippen LogP contribution in [0.1, 0.15) is 17.4 Å². The van der Waals surface area contributed by atoms with Crippen molar-refractivity contribution < 1.29 is 8.81 Å². The van der Waals surface area contributed by atoms with Gasteiger partial charge in [-0.2, -0.15) is 0 Å². The highest BCUT2D eigenvalue weighted by molar-refractivity contribution is 9.10. The molecule has 19 heavy (non-hydrogen) atoms. The molecule has 3 rings (SSSR count). The molecule has 1 unspecified atom stereocenters. The van der Waals surface area contributed by atoms with Gasteiger partial charge in [-0.25, -0.2) is 4.39 Å². The summed E-state index contributed by atoms with van der Waals surface area (Å²) in [6, 6.07) is 13.4. The summed E-state index contributed by atoms with van der Waals surface area (Å²) in [5, 5.41) is 0.969. The van der Waals surface area contributed by atoms with Gasteiger partial charge < -0.3 is 10.2 Å². The third kappa shape index (κ3) is 2.29. The van der Waals surface area contributed by atoms with Crippen LogP contribution < -0.4 is 5.73 Å². The van der Waals surface area contributed by atoms with Crippen molar-refractivity contribution in [3.63, 3.8) is 0 Å². The first kappa shape index (κ1) is 12.4. The van der Waals surface area contributed by atoms with Gasteiger partial charge in [-0.1, -0.05) is 24.3 Å². The Bertz CT molecular complexity index is 738. The zero-order chi connectivity index (χ0) is 13.4. The highest BCUT2D eigenvalue weighted by Gasteiger charge is 2.15. The van der Waals surface area contributed by atoms with Crippen molar-refractivity contribution in [2.24, 2.45) is 5.73 Å². The monoisotopic (exact) mass is 319 g/mol. The van der Waals surface area contributed by atoms with Gasteiger partial charge in [0.1, 0.15) is 17.2 Å². The molecule has 0 aliphatic carbocycles. The van der Waals surface area contributed by atoms with E-state index in [1.807, 2.05) is 24.3 Å². The van der Waals surface area contributed by atoms with Crippen LogP contribution in [0, 0.1) is 5.82 Å². The SMILES string of the molecule is NC(c1cccc(F)c1)c1cc2cccc(Br)c2o1. The fourth-order valence-electron chi connectivity index (χ4n) is 2.07. The van der Waals surface area contributed by atoms with Gasteiger partial charge >= 0.3 is 0 Å². The van der Waals surface area contributed by atoms with Crippen LogP contribution in [0.15, 0.2) is 57.4 Å². The first-order valence-corrected chi connectivity index (χ1v) is 6.63. The van der Waals surface area contributed by atoms with Gasteiger partial charge in [-0.15, -0.1) is 0 Å². The molecule has 0 radical (unpaired) electrons. The van der Waals surface area contributed by atoms with E-state index in [9.17, 15) is 4.39 Å². The van der Waals surface area contributed by atoms with Gasteiger partial charge in [0.25, 0.3) is 0 Å². The van der Waals surface area contributed by atoms with Crippen LogP contribution in [0.4, 0.5) is 4.39 Å². The van der Waals surface area contributed by atoms with E-state index < -0.39 is 6.04 Å². The largest absolute Gasteiger partial charge is 0.458 e. The zero-order valence-corrected chi connectivity index (χ0v) is 11.5. The molecule has 2 nitrogen and oxygen atoms in total.